The van der Waals surface area contributed by atoms with Crippen molar-refractivity contribution in [2.45, 2.75) is 45.9 Å². The lowest BCUT2D eigenvalue weighted by molar-refractivity contribution is -0.697. The Labute approximate surface area is 198 Å². The molecule has 0 aromatic carbocycles. The van der Waals surface area contributed by atoms with Gasteiger partial charge in [0.2, 0.25) is 0 Å². The quantitative estimate of drug-likeness (QED) is 0.297. The number of rotatable bonds is 11. The van der Waals surface area contributed by atoms with Crippen molar-refractivity contribution in [3.63, 3.8) is 0 Å². The third-order valence-corrected chi connectivity index (χ3v) is 8.32. The van der Waals surface area contributed by atoms with Crippen LogP contribution in [0.4, 0.5) is 0 Å². The highest BCUT2D eigenvalue weighted by Crippen LogP contribution is 2.19. The van der Waals surface area contributed by atoms with E-state index in [1.807, 2.05) is 44.4 Å². The van der Waals surface area contributed by atoms with Gasteiger partial charge in [-0.15, -0.1) is 0 Å². The maximum absolute atomic E-state index is 5.98. The van der Waals surface area contributed by atoms with Gasteiger partial charge in [0, 0.05) is 57.3 Å². The van der Waals surface area contributed by atoms with Crippen LogP contribution in [-0.4, -0.2) is 39.1 Å². The summed E-state index contributed by atoms with van der Waals surface area (Å²) in [6.07, 6.45) is 13.1. The Kier molecular flexibility index (Phi) is 9.02. The van der Waals surface area contributed by atoms with E-state index in [1.54, 1.807) is 14.2 Å². The summed E-state index contributed by atoms with van der Waals surface area (Å²) in [5.41, 5.74) is 5.16. The molecule has 0 unspecified atom stereocenters. The first kappa shape index (κ1) is 24.9. The number of aromatic nitrogens is 3. The van der Waals surface area contributed by atoms with Crippen molar-refractivity contribution in [1.29, 1.82) is 0 Å². The van der Waals surface area contributed by atoms with Crippen molar-refractivity contribution in [2.24, 2.45) is 0 Å². The second-order valence-corrected chi connectivity index (χ2v) is 11.2. The monoisotopic (exact) mass is 464 g/mol. The van der Waals surface area contributed by atoms with Crippen LogP contribution in [0.3, 0.4) is 0 Å². The van der Waals surface area contributed by atoms with Crippen LogP contribution in [0.25, 0.3) is 23.5 Å². The van der Waals surface area contributed by atoms with Crippen LogP contribution in [0.1, 0.15) is 37.0 Å². The van der Waals surface area contributed by atoms with Gasteiger partial charge in [-0.05, 0) is 61.7 Å². The molecule has 0 radical (unpaired) electrons. The lowest BCUT2D eigenvalue weighted by Crippen LogP contribution is -2.46. The van der Waals surface area contributed by atoms with Crippen LogP contribution in [0.2, 0.25) is 6.04 Å². The summed E-state index contributed by atoms with van der Waals surface area (Å²) >= 11 is 0. The van der Waals surface area contributed by atoms with Crippen LogP contribution in [0, 0.1) is 6.92 Å². The van der Waals surface area contributed by atoms with Gasteiger partial charge in [-0.1, -0.05) is 12.2 Å². The first-order chi connectivity index (χ1) is 15.9. The van der Waals surface area contributed by atoms with Gasteiger partial charge in [-0.3, -0.25) is 9.97 Å². The van der Waals surface area contributed by atoms with Gasteiger partial charge in [0.15, 0.2) is 12.4 Å². The predicted octanol–water partition coefficient (Wildman–Crippen LogP) is 4.96. The second-order valence-electron chi connectivity index (χ2n) is 8.26. The molecule has 6 nitrogen and oxygen atoms in total. The fourth-order valence-electron chi connectivity index (χ4n) is 3.57. The highest BCUT2D eigenvalue weighted by molar-refractivity contribution is 6.60. The summed E-state index contributed by atoms with van der Waals surface area (Å²) in [7, 11) is 0.764. The van der Waals surface area contributed by atoms with Crippen molar-refractivity contribution in [3.8, 4) is 11.4 Å². The minimum absolute atomic E-state index is 0.0832. The highest BCUT2D eigenvalue weighted by atomic mass is 28.4. The third-order valence-electron chi connectivity index (χ3n) is 5.28. The molecule has 0 N–H and O–H groups in total. The molecular weight excluding hydrogens is 430 g/mol. The zero-order valence-corrected chi connectivity index (χ0v) is 21.2. The lowest BCUT2D eigenvalue weighted by atomic mass is 10.1. The molecule has 0 aliphatic rings. The van der Waals surface area contributed by atoms with Gasteiger partial charge in [-0.25, -0.2) is 4.57 Å². The topological polar surface area (TPSA) is 57.4 Å². The first-order valence-electron chi connectivity index (χ1n) is 11.3. The predicted molar refractivity (Wildman–Crippen MR) is 133 cm³/mol. The van der Waals surface area contributed by atoms with Gasteiger partial charge in [0.05, 0.1) is 11.4 Å². The van der Waals surface area contributed by atoms with Gasteiger partial charge in [0.1, 0.15) is 6.54 Å². The smallest absolute Gasteiger partial charge is 0.377 e. The average molecular weight is 465 g/mol. The Balaban J connectivity index is 1.59. The Hall–Kier alpha value is -2.71. The fourth-order valence-corrected chi connectivity index (χ4v) is 5.76. The minimum Gasteiger partial charge on any atom is -0.377 e. The van der Waals surface area contributed by atoms with E-state index in [0.29, 0.717) is 0 Å². The lowest BCUT2D eigenvalue weighted by Gasteiger charge is -2.28. The first-order valence-corrected chi connectivity index (χ1v) is 13.2. The van der Waals surface area contributed by atoms with Crippen molar-refractivity contribution in [2.75, 3.05) is 14.2 Å². The summed E-state index contributed by atoms with van der Waals surface area (Å²) in [5.74, 6) is 0. The molecule has 3 rings (SSSR count). The minimum atomic E-state index is -2.59. The molecule has 0 bridgehead atoms. The maximum atomic E-state index is 5.98. The molecule has 0 saturated heterocycles. The second kappa shape index (κ2) is 11.9. The highest BCUT2D eigenvalue weighted by Gasteiger charge is 2.39. The van der Waals surface area contributed by atoms with Crippen molar-refractivity contribution in [3.05, 3.63) is 77.9 Å². The van der Waals surface area contributed by atoms with Crippen LogP contribution in [-0.2, 0) is 19.8 Å². The SMILES string of the molecule is CO[Si](CCC[n+]1ccc(/C=C/c2ccnc(-c3cc(C)ccn3)c2)cc1)(OC)OC(C)C. The number of hydrogen-bond donors (Lipinski definition) is 0. The zero-order chi connectivity index (χ0) is 23.7. The molecule has 0 saturated carbocycles. The van der Waals surface area contributed by atoms with E-state index in [2.05, 4.69) is 64.2 Å². The van der Waals surface area contributed by atoms with E-state index < -0.39 is 8.80 Å². The molecule has 0 fully saturated rings. The van der Waals surface area contributed by atoms with Gasteiger partial charge in [0.25, 0.3) is 0 Å². The largest absolute Gasteiger partial charge is 0.500 e. The van der Waals surface area contributed by atoms with E-state index >= 15 is 0 Å². The number of nitrogens with zero attached hydrogens (tertiary/aromatic N) is 3. The van der Waals surface area contributed by atoms with E-state index in [1.165, 1.54) is 5.56 Å². The molecule has 3 heterocycles. The number of aryl methyl sites for hydroxylation is 2. The molecule has 0 amide bonds. The molecule has 0 aliphatic carbocycles. The standard InChI is InChI=1S/C26H34N3O3Si/c1-21(2)32-33(30-4,31-5)18-6-15-29-16-11-23(12-17-29)7-8-24-10-14-28-26(20-24)25-19-22(3)9-13-27-25/h7-14,16-17,19-21H,6,15,18H2,1-5H3/q+1/b8-7+. The molecule has 7 heteroatoms. The van der Waals surface area contributed by atoms with Crippen LogP contribution in [0.15, 0.2) is 61.2 Å². The normalized spacial score (nSPS) is 12.1. The Bertz CT molecular complexity index is 1050. The van der Waals surface area contributed by atoms with Gasteiger partial charge >= 0.3 is 8.80 Å². The molecule has 0 atom stereocenters. The summed E-state index contributed by atoms with van der Waals surface area (Å²) in [5, 5.41) is 0. The molecule has 0 spiro atoms. The summed E-state index contributed by atoms with van der Waals surface area (Å²) < 4.78 is 19.4. The molecule has 3 aromatic heterocycles. The summed E-state index contributed by atoms with van der Waals surface area (Å²) in [4.78, 5) is 8.90. The number of pyridine rings is 3. The maximum Gasteiger partial charge on any atom is 0.500 e. The molecular formula is C26H34N3O3Si+. The molecule has 174 valence electrons. The summed E-state index contributed by atoms with van der Waals surface area (Å²) in [6, 6.07) is 13.1. The molecule has 0 aliphatic heterocycles. The van der Waals surface area contributed by atoms with Gasteiger partial charge < -0.3 is 13.3 Å². The number of hydrogen-bond acceptors (Lipinski definition) is 5. The average Bonchev–Trinajstić information content (AvgIpc) is 2.83. The van der Waals surface area contributed by atoms with Crippen LogP contribution in [0.5, 0.6) is 0 Å². The van der Waals surface area contributed by atoms with Crippen molar-refractivity contribution < 1.29 is 17.8 Å². The molecule has 33 heavy (non-hydrogen) atoms. The Morgan fingerprint density at radius 3 is 2.18 bits per heavy atom. The zero-order valence-electron chi connectivity index (χ0n) is 20.2. The van der Waals surface area contributed by atoms with Crippen molar-refractivity contribution >= 4 is 21.0 Å². The summed E-state index contributed by atoms with van der Waals surface area (Å²) in [6.45, 7) is 6.95. The van der Waals surface area contributed by atoms with Gasteiger partial charge in [-0.2, -0.15) is 0 Å². The van der Waals surface area contributed by atoms with E-state index in [4.69, 9.17) is 13.3 Å². The Morgan fingerprint density at radius 2 is 1.55 bits per heavy atom. The third kappa shape index (κ3) is 7.40. The van der Waals surface area contributed by atoms with Crippen LogP contribution >= 0.6 is 0 Å². The van der Waals surface area contributed by atoms with Crippen molar-refractivity contribution in [1.82, 2.24) is 9.97 Å². The fraction of sp³-hybridized carbons (Fsp3) is 0.346. The van der Waals surface area contributed by atoms with E-state index in [9.17, 15) is 0 Å². The Morgan fingerprint density at radius 1 is 0.909 bits per heavy atom. The van der Waals surface area contributed by atoms with E-state index in [-0.39, 0.29) is 6.10 Å². The molecule has 3 aromatic rings. The van der Waals surface area contributed by atoms with Crippen LogP contribution < -0.4 is 4.57 Å². The van der Waals surface area contributed by atoms with E-state index in [0.717, 1.165) is 41.5 Å².